The first kappa shape index (κ1) is 13.3. The molecule has 0 aromatic heterocycles. The molecule has 6 heteroatoms. The van der Waals surface area contributed by atoms with Crippen LogP contribution in [0, 0.1) is 10.1 Å². The summed E-state index contributed by atoms with van der Waals surface area (Å²) >= 11 is 5.61. The van der Waals surface area contributed by atoms with Crippen molar-refractivity contribution in [3.63, 3.8) is 0 Å². The highest BCUT2D eigenvalue weighted by Crippen LogP contribution is 2.30. The van der Waals surface area contributed by atoms with Crippen molar-refractivity contribution >= 4 is 23.0 Å². The molecule has 0 aliphatic heterocycles. The Hall–Kier alpha value is -1.75. The first-order valence-electron chi connectivity index (χ1n) is 5.03. The summed E-state index contributed by atoms with van der Waals surface area (Å²) in [5, 5.41) is 14.2. The molecule has 1 rings (SSSR count). The van der Waals surface area contributed by atoms with E-state index in [4.69, 9.17) is 16.3 Å². The molecule has 0 amide bonds. The first-order chi connectivity index (χ1) is 8.04. The molecule has 0 saturated carbocycles. The Morgan fingerprint density at radius 1 is 1.65 bits per heavy atom. The van der Waals surface area contributed by atoms with Crippen LogP contribution in [0.15, 0.2) is 29.8 Å². The van der Waals surface area contributed by atoms with Gasteiger partial charge in [0.15, 0.2) is 5.75 Å². The minimum atomic E-state index is -0.477. The number of nitrogens with one attached hydrogen (secondary N) is 1. The van der Waals surface area contributed by atoms with Gasteiger partial charge in [-0.15, -0.1) is 0 Å². The summed E-state index contributed by atoms with van der Waals surface area (Å²) in [6.45, 7) is 6.07. The maximum Gasteiger partial charge on any atom is 0.311 e. The molecule has 92 valence electrons. The SMILES string of the molecule is C=C(Cl)CNc1ccc([N+](=O)[O-])c(OCC)c1. The van der Waals surface area contributed by atoms with Crippen molar-refractivity contribution in [3.8, 4) is 5.75 Å². The van der Waals surface area contributed by atoms with Crippen LogP contribution < -0.4 is 10.1 Å². The molecular weight excluding hydrogens is 244 g/mol. The third-order valence-electron chi connectivity index (χ3n) is 1.94. The Kier molecular flexibility index (Phi) is 4.78. The van der Waals surface area contributed by atoms with Crippen LogP contribution in [0.2, 0.25) is 0 Å². The van der Waals surface area contributed by atoms with E-state index in [1.54, 1.807) is 19.1 Å². The van der Waals surface area contributed by atoms with E-state index in [2.05, 4.69) is 11.9 Å². The predicted molar refractivity (Wildman–Crippen MR) is 67.7 cm³/mol. The Balaban J connectivity index is 2.92. The van der Waals surface area contributed by atoms with Crippen LogP contribution in [0.25, 0.3) is 0 Å². The van der Waals surface area contributed by atoms with Crippen molar-refractivity contribution in [2.45, 2.75) is 6.92 Å². The molecule has 0 atom stereocenters. The lowest BCUT2D eigenvalue weighted by atomic mass is 10.2. The zero-order chi connectivity index (χ0) is 12.8. The van der Waals surface area contributed by atoms with E-state index < -0.39 is 4.92 Å². The number of hydrogen-bond donors (Lipinski definition) is 1. The molecule has 0 bridgehead atoms. The molecule has 0 saturated heterocycles. The zero-order valence-electron chi connectivity index (χ0n) is 9.40. The number of ether oxygens (including phenoxy) is 1. The predicted octanol–water partition coefficient (Wildman–Crippen LogP) is 3.16. The lowest BCUT2D eigenvalue weighted by Crippen LogP contribution is -2.03. The number of halogens is 1. The van der Waals surface area contributed by atoms with Gasteiger partial charge >= 0.3 is 5.69 Å². The number of nitro groups is 1. The van der Waals surface area contributed by atoms with E-state index in [-0.39, 0.29) is 11.4 Å². The number of nitro benzene ring substituents is 1. The number of hydrogen-bond acceptors (Lipinski definition) is 4. The van der Waals surface area contributed by atoms with Gasteiger partial charge in [0.1, 0.15) is 0 Å². The summed E-state index contributed by atoms with van der Waals surface area (Å²) in [5.41, 5.74) is 0.642. The second kappa shape index (κ2) is 6.10. The van der Waals surface area contributed by atoms with E-state index in [0.717, 1.165) is 0 Å². The fourth-order valence-electron chi connectivity index (χ4n) is 1.24. The Morgan fingerprint density at radius 2 is 2.35 bits per heavy atom. The minimum absolute atomic E-state index is 0.0536. The van der Waals surface area contributed by atoms with Crippen LogP contribution in [-0.4, -0.2) is 18.1 Å². The van der Waals surface area contributed by atoms with Gasteiger partial charge in [-0.3, -0.25) is 10.1 Å². The smallest absolute Gasteiger partial charge is 0.311 e. The number of anilines is 1. The highest BCUT2D eigenvalue weighted by Gasteiger charge is 2.15. The Bertz CT molecular complexity index is 435. The maximum absolute atomic E-state index is 10.7. The minimum Gasteiger partial charge on any atom is -0.487 e. The summed E-state index contributed by atoms with van der Waals surface area (Å²) in [6.07, 6.45) is 0. The molecule has 1 N–H and O–H groups in total. The van der Waals surface area contributed by atoms with Crippen molar-refractivity contribution < 1.29 is 9.66 Å². The van der Waals surface area contributed by atoms with E-state index in [9.17, 15) is 10.1 Å². The van der Waals surface area contributed by atoms with E-state index >= 15 is 0 Å². The van der Waals surface area contributed by atoms with Crippen LogP contribution in [0.4, 0.5) is 11.4 Å². The highest BCUT2D eigenvalue weighted by molar-refractivity contribution is 6.29. The van der Waals surface area contributed by atoms with Gasteiger partial charge in [-0.05, 0) is 13.0 Å². The van der Waals surface area contributed by atoms with Crippen LogP contribution >= 0.6 is 11.6 Å². The first-order valence-corrected chi connectivity index (χ1v) is 5.40. The summed E-state index contributed by atoms with van der Waals surface area (Å²) in [7, 11) is 0. The fourth-order valence-corrected chi connectivity index (χ4v) is 1.31. The molecule has 0 fully saturated rings. The highest BCUT2D eigenvalue weighted by atomic mass is 35.5. The summed E-state index contributed by atoms with van der Waals surface area (Å²) in [6, 6.07) is 4.56. The van der Waals surface area contributed by atoms with E-state index in [0.29, 0.717) is 23.9 Å². The van der Waals surface area contributed by atoms with Crippen LogP contribution in [0.3, 0.4) is 0 Å². The molecule has 0 radical (unpaired) electrons. The summed E-state index contributed by atoms with van der Waals surface area (Å²) in [5.74, 6) is 0.239. The van der Waals surface area contributed by atoms with E-state index in [1.807, 2.05) is 0 Å². The van der Waals surface area contributed by atoms with E-state index in [1.165, 1.54) is 6.07 Å². The Morgan fingerprint density at radius 3 is 2.88 bits per heavy atom. The van der Waals surface area contributed by atoms with Gasteiger partial charge in [-0.25, -0.2) is 0 Å². The van der Waals surface area contributed by atoms with Crippen molar-refractivity contribution in [3.05, 3.63) is 39.9 Å². The molecule has 1 aromatic carbocycles. The Labute approximate surface area is 104 Å². The third-order valence-corrected chi connectivity index (χ3v) is 2.07. The second-order valence-electron chi connectivity index (χ2n) is 3.24. The van der Waals surface area contributed by atoms with Gasteiger partial charge in [0.2, 0.25) is 0 Å². The molecule has 1 aromatic rings. The largest absolute Gasteiger partial charge is 0.487 e. The molecule has 0 heterocycles. The lowest BCUT2D eigenvalue weighted by Gasteiger charge is -2.08. The summed E-state index contributed by atoms with van der Waals surface area (Å²) < 4.78 is 5.21. The van der Waals surface area contributed by atoms with Crippen molar-refractivity contribution in [1.82, 2.24) is 0 Å². The topological polar surface area (TPSA) is 64.4 Å². The van der Waals surface area contributed by atoms with Crippen LogP contribution in [0.1, 0.15) is 6.92 Å². The van der Waals surface area contributed by atoms with Gasteiger partial charge in [0, 0.05) is 22.9 Å². The molecule has 17 heavy (non-hydrogen) atoms. The fraction of sp³-hybridized carbons (Fsp3) is 0.273. The van der Waals surface area contributed by atoms with Crippen molar-refractivity contribution in [2.75, 3.05) is 18.5 Å². The van der Waals surface area contributed by atoms with Crippen molar-refractivity contribution in [2.24, 2.45) is 0 Å². The molecule has 0 spiro atoms. The monoisotopic (exact) mass is 256 g/mol. The summed E-state index contributed by atoms with van der Waals surface area (Å²) in [4.78, 5) is 10.3. The molecule has 0 aliphatic rings. The lowest BCUT2D eigenvalue weighted by molar-refractivity contribution is -0.385. The van der Waals surface area contributed by atoms with Gasteiger partial charge < -0.3 is 10.1 Å². The average molecular weight is 257 g/mol. The van der Waals surface area contributed by atoms with Gasteiger partial charge in [-0.1, -0.05) is 18.2 Å². The molecule has 0 unspecified atom stereocenters. The van der Waals surface area contributed by atoms with Gasteiger partial charge in [-0.2, -0.15) is 0 Å². The second-order valence-corrected chi connectivity index (χ2v) is 3.78. The quantitative estimate of drug-likeness (QED) is 0.627. The maximum atomic E-state index is 10.7. The molecular formula is C11H13ClN2O3. The number of nitrogens with zero attached hydrogens (tertiary/aromatic N) is 1. The van der Waals surface area contributed by atoms with Gasteiger partial charge in [0.25, 0.3) is 0 Å². The van der Waals surface area contributed by atoms with Crippen LogP contribution in [0.5, 0.6) is 5.75 Å². The van der Waals surface area contributed by atoms with Crippen molar-refractivity contribution in [1.29, 1.82) is 0 Å². The van der Waals surface area contributed by atoms with Gasteiger partial charge in [0.05, 0.1) is 18.1 Å². The average Bonchev–Trinajstić information content (AvgIpc) is 2.26. The molecule has 0 aliphatic carbocycles. The standard InChI is InChI=1S/C11H13ClN2O3/c1-3-17-11-6-9(13-7-8(2)12)4-5-10(11)14(15)16/h4-6,13H,2-3,7H2,1H3. The van der Waals surface area contributed by atoms with Crippen LogP contribution in [-0.2, 0) is 0 Å². The number of benzene rings is 1. The number of rotatable bonds is 6. The third kappa shape index (κ3) is 3.96. The normalized spacial score (nSPS) is 9.76. The molecule has 5 nitrogen and oxygen atoms in total. The zero-order valence-corrected chi connectivity index (χ0v) is 10.2.